The molecule has 0 aliphatic carbocycles. The lowest BCUT2D eigenvalue weighted by Gasteiger charge is -2.17. The van der Waals surface area contributed by atoms with Gasteiger partial charge in [-0.3, -0.25) is 19.9 Å². The van der Waals surface area contributed by atoms with Crippen LogP contribution in [0.25, 0.3) is 6.08 Å². The van der Waals surface area contributed by atoms with E-state index in [1.807, 2.05) is 6.07 Å². The zero-order valence-electron chi connectivity index (χ0n) is 13.8. The number of amides is 1. The number of carbonyl (C=O) groups is 1. The number of hydrogen-bond acceptors (Lipinski definition) is 6. The minimum atomic E-state index is -0.603. The first-order valence-electron chi connectivity index (χ1n) is 8.20. The molecule has 0 spiro atoms. The molecule has 1 aliphatic rings. The molecule has 25 heavy (non-hydrogen) atoms. The molecule has 1 saturated heterocycles. The normalized spacial score (nSPS) is 17.7. The van der Waals surface area contributed by atoms with Gasteiger partial charge in [-0.25, -0.2) is 10.5 Å². The predicted octanol–water partition coefficient (Wildman–Crippen LogP) is 1.68. The van der Waals surface area contributed by atoms with Gasteiger partial charge in [-0.05, 0) is 18.1 Å². The molecule has 0 unspecified atom stereocenters. The highest BCUT2D eigenvalue weighted by atomic mass is 16.5. The molecule has 1 amide bonds. The zero-order valence-corrected chi connectivity index (χ0v) is 13.8. The Hall–Kier alpha value is -2.77. The fourth-order valence-electron chi connectivity index (χ4n) is 2.84. The number of hydroxylamine groups is 1. The van der Waals surface area contributed by atoms with Crippen LogP contribution in [0.5, 0.6) is 0 Å². The van der Waals surface area contributed by atoms with Crippen molar-refractivity contribution in [2.75, 3.05) is 18.4 Å². The molecule has 1 fully saturated rings. The van der Waals surface area contributed by atoms with Crippen molar-refractivity contribution in [2.45, 2.75) is 19.0 Å². The van der Waals surface area contributed by atoms with Crippen LogP contribution in [0.3, 0.4) is 0 Å². The number of aromatic nitrogens is 2. The Morgan fingerprint density at radius 2 is 2.12 bits per heavy atom. The van der Waals surface area contributed by atoms with Gasteiger partial charge in [0.15, 0.2) is 0 Å². The molecule has 1 atom stereocenters. The predicted molar refractivity (Wildman–Crippen MR) is 94.7 cm³/mol. The molecule has 0 saturated carbocycles. The van der Waals surface area contributed by atoms with Gasteiger partial charge in [-0.1, -0.05) is 30.3 Å². The fourth-order valence-corrected chi connectivity index (χ4v) is 2.84. The van der Waals surface area contributed by atoms with Crippen LogP contribution in [0.2, 0.25) is 0 Å². The summed E-state index contributed by atoms with van der Waals surface area (Å²) in [5, 5.41) is 11.8. The van der Waals surface area contributed by atoms with Gasteiger partial charge in [0, 0.05) is 31.8 Å². The van der Waals surface area contributed by atoms with Gasteiger partial charge in [-0.15, -0.1) is 0 Å². The Morgan fingerprint density at radius 3 is 2.84 bits per heavy atom. The molecule has 7 heteroatoms. The summed E-state index contributed by atoms with van der Waals surface area (Å²) in [6.45, 7) is 2.98. The van der Waals surface area contributed by atoms with Crippen molar-refractivity contribution < 1.29 is 10.0 Å². The second kappa shape index (κ2) is 8.36. The number of likely N-dealkylation sites (tertiary alicyclic amines) is 1. The molecule has 1 aromatic heterocycles. The van der Waals surface area contributed by atoms with Crippen LogP contribution >= 0.6 is 0 Å². The molecule has 3 N–H and O–H groups in total. The number of anilines is 1. The molecule has 2 aromatic rings. The van der Waals surface area contributed by atoms with E-state index in [4.69, 9.17) is 5.21 Å². The standard InChI is InChI=1S/C18H21N5O2/c24-18(22-25)7-6-15-10-20-17(11-19-15)21-16-8-9-23(13-16)12-14-4-2-1-3-5-14/h1-7,10-11,16,25H,8-9,12-13H2,(H,20,21)(H,22,24)/t16-/m1/s1. The van der Waals surface area contributed by atoms with Crippen molar-refractivity contribution >= 4 is 17.8 Å². The number of hydrogen-bond donors (Lipinski definition) is 3. The highest BCUT2D eigenvalue weighted by Gasteiger charge is 2.22. The van der Waals surface area contributed by atoms with Gasteiger partial charge in [-0.2, -0.15) is 0 Å². The Kier molecular flexibility index (Phi) is 5.71. The number of rotatable bonds is 6. The van der Waals surface area contributed by atoms with Gasteiger partial charge in [0.2, 0.25) is 0 Å². The van der Waals surface area contributed by atoms with Gasteiger partial charge < -0.3 is 5.32 Å². The summed E-state index contributed by atoms with van der Waals surface area (Å²) in [6.07, 6.45) is 6.97. The zero-order chi connectivity index (χ0) is 17.5. The summed E-state index contributed by atoms with van der Waals surface area (Å²) in [5.41, 5.74) is 3.40. The van der Waals surface area contributed by atoms with Crippen LogP contribution < -0.4 is 10.8 Å². The van der Waals surface area contributed by atoms with Gasteiger partial charge in [0.1, 0.15) is 5.82 Å². The van der Waals surface area contributed by atoms with Crippen molar-refractivity contribution in [2.24, 2.45) is 0 Å². The van der Waals surface area contributed by atoms with E-state index in [0.29, 0.717) is 11.7 Å². The van der Waals surface area contributed by atoms with E-state index in [0.717, 1.165) is 31.9 Å². The lowest BCUT2D eigenvalue weighted by Crippen LogP contribution is -2.26. The van der Waals surface area contributed by atoms with Crippen LogP contribution in [-0.2, 0) is 11.3 Å². The van der Waals surface area contributed by atoms with E-state index in [1.54, 1.807) is 12.4 Å². The van der Waals surface area contributed by atoms with Gasteiger partial charge in [0.05, 0.1) is 18.1 Å². The second-order valence-electron chi connectivity index (χ2n) is 5.99. The van der Waals surface area contributed by atoms with Crippen LogP contribution in [0.4, 0.5) is 5.82 Å². The van der Waals surface area contributed by atoms with E-state index in [9.17, 15) is 4.79 Å². The lowest BCUT2D eigenvalue weighted by molar-refractivity contribution is -0.124. The summed E-state index contributed by atoms with van der Waals surface area (Å²) in [6, 6.07) is 10.8. The fraction of sp³-hybridized carbons (Fsp3) is 0.278. The van der Waals surface area contributed by atoms with E-state index in [2.05, 4.69) is 44.5 Å². The van der Waals surface area contributed by atoms with Crippen molar-refractivity contribution in [1.82, 2.24) is 20.3 Å². The number of nitrogens with one attached hydrogen (secondary N) is 2. The quantitative estimate of drug-likeness (QED) is 0.421. The first-order chi connectivity index (χ1) is 12.2. The third kappa shape index (κ3) is 5.10. The third-order valence-corrected chi connectivity index (χ3v) is 4.06. The van der Waals surface area contributed by atoms with E-state index in [-0.39, 0.29) is 0 Å². The Labute approximate surface area is 146 Å². The average molecular weight is 339 g/mol. The smallest absolute Gasteiger partial charge is 0.267 e. The Balaban J connectivity index is 1.50. The van der Waals surface area contributed by atoms with Crippen molar-refractivity contribution in [3.05, 3.63) is 60.1 Å². The molecule has 130 valence electrons. The third-order valence-electron chi connectivity index (χ3n) is 4.06. The summed E-state index contributed by atoms with van der Waals surface area (Å²) >= 11 is 0. The minimum absolute atomic E-state index is 0.347. The second-order valence-corrected chi connectivity index (χ2v) is 5.99. The largest absolute Gasteiger partial charge is 0.365 e. The molecule has 7 nitrogen and oxygen atoms in total. The van der Waals surface area contributed by atoms with Crippen LogP contribution in [0.15, 0.2) is 48.8 Å². The molecule has 1 aliphatic heterocycles. The van der Waals surface area contributed by atoms with Gasteiger partial charge >= 0.3 is 0 Å². The number of nitrogens with zero attached hydrogens (tertiary/aromatic N) is 3. The first kappa shape index (κ1) is 17.1. The topological polar surface area (TPSA) is 90.4 Å². The molecule has 0 radical (unpaired) electrons. The van der Waals surface area contributed by atoms with Gasteiger partial charge in [0.25, 0.3) is 5.91 Å². The first-order valence-corrected chi connectivity index (χ1v) is 8.20. The summed E-state index contributed by atoms with van der Waals surface area (Å²) < 4.78 is 0. The monoisotopic (exact) mass is 339 g/mol. The van der Waals surface area contributed by atoms with Crippen molar-refractivity contribution in [3.8, 4) is 0 Å². The van der Waals surface area contributed by atoms with Crippen molar-refractivity contribution in [3.63, 3.8) is 0 Å². The molecular formula is C18H21N5O2. The van der Waals surface area contributed by atoms with Crippen molar-refractivity contribution in [1.29, 1.82) is 0 Å². The maximum Gasteiger partial charge on any atom is 0.267 e. The number of carbonyl (C=O) groups excluding carboxylic acids is 1. The summed E-state index contributed by atoms with van der Waals surface area (Å²) in [7, 11) is 0. The van der Waals surface area contributed by atoms with Crippen LogP contribution in [0.1, 0.15) is 17.7 Å². The highest BCUT2D eigenvalue weighted by Crippen LogP contribution is 2.16. The SMILES string of the molecule is O=C(C=Cc1cnc(N[C@@H]2CCN(Cc3ccccc3)C2)cn1)NO. The highest BCUT2D eigenvalue weighted by molar-refractivity contribution is 5.90. The molecule has 0 bridgehead atoms. The summed E-state index contributed by atoms with van der Waals surface area (Å²) in [5.74, 6) is 0.115. The maximum absolute atomic E-state index is 10.9. The number of benzene rings is 1. The molecule has 2 heterocycles. The lowest BCUT2D eigenvalue weighted by atomic mass is 10.2. The van der Waals surface area contributed by atoms with Crippen LogP contribution in [-0.4, -0.2) is 45.1 Å². The van der Waals surface area contributed by atoms with E-state index < -0.39 is 5.91 Å². The Morgan fingerprint density at radius 1 is 1.28 bits per heavy atom. The average Bonchev–Trinajstić information content (AvgIpc) is 3.08. The Bertz CT molecular complexity index is 718. The van der Waals surface area contributed by atoms with E-state index >= 15 is 0 Å². The minimum Gasteiger partial charge on any atom is -0.365 e. The van der Waals surface area contributed by atoms with E-state index in [1.165, 1.54) is 23.2 Å². The van der Waals surface area contributed by atoms with Crippen LogP contribution in [0, 0.1) is 0 Å². The summed E-state index contributed by atoms with van der Waals surface area (Å²) in [4.78, 5) is 21.9. The molecular weight excluding hydrogens is 318 g/mol. The maximum atomic E-state index is 10.9. The molecule has 1 aromatic carbocycles. The molecule has 3 rings (SSSR count).